The van der Waals surface area contributed by atoms with Crippen molar-refractivity contribution in [2.24, 2.45) is 5.73 Å². The average Bonchev–Trinajstić information content (AvgIpc) is 2.62. The fourth-order valence-corrected chi connectivity index (χ4v) is 2.85. The van der Waals surface area contributed by atoms with E-state index < -0.39 is 11.3 Å². The Morgan fingerprint density at radius 3 is 2.65 bits per heavy atom. The molecule has 2 heterocycles. The predicted molar refractivity (Wildman–Crippen MR) is 101 cm³/mol. The zero-order valence-corrected chi connectivity index (χ0v) is 14.4. The number of carbonyl (C=O) groups is 1. The highest BCUT2D eigenvalue weighted by Gasteiger charge is 2.19. The summed E-state index contributed by atoms with van der Waals surface area (Å²) in [5, 5.41) is 3.35. The summed E-state index contributed by atoms with van der Waals surface area (Å²) in [6.45, 7) is 2.92. The van der Waals surface area contributed by atoms with Crippen LogP contribution >= 0.6 is 0 Å². The van der Waals surface area contributed by atoms with Crippen molar-refractivity contribution in [2.75, 3.05) is 17.6 Å². The van der Waals surface area contributed by atoms with Crippen molar-refractivity contribution in [3.63, 3.8) is 0 Å². The number of benzene rings is 1. The number of carbonyl (C=O) groups excluding carboxylic acids is 1. The lowest BCUT2D eigenvalue weighted by Crippen LogP contribution is -2.28. The van der Waals surface area contributed by atoms with Gasteiger partial charge in [-0.1, -0.05) is 30.3 Å². The molecule has 1 aromatic carbocycles. The van der Waals surface area contributed by atoms with Crippen molar-refractivity contribution in [3.05, 3.63) is 57.9 Å². The molecule has 0 bridgehead atoms. The van der Waals surface area contributed by atoms with Crippen LogP contribution in [0, 0.1) is 0 Å². The molecule has 0 atom stereocenters. The maximum absolute atomic E-state index is 12.5. The van der Waals surface area contributed by atoms with E-state index in [2.05, 4.69) is 15.3 Å². The number of hydrogen-bond donors (Lipinski definition) is 3. The molecular weight excluding hydrogens is 332 g/mol. The molecule has 1 amide bonds. The van der Waals surface area contributed by atoms with Crippen molar-refractivity contribution in [1.29, 1.82) is 0 Å². The SMILES string of the molecule is CCn1c(N)c(C(N)=O)c(=O)c2cnc(NCCc3ccccc3)nc21. The largest absolute Gasteiger partial charge is 0.384 e. The average molecular weight is 352 g/mol. The number of primary amides is 1. The third-order valence-electron chi connectivity index (χ3n) is 4.15. The van der Waals surface area contributed by atoms with E-state index in [0.29, 0.717) is 24.7 Å². The molecule has 0 aliphatic carbocycles. The van der Waals surface area contributed by atoms with E-state index in [9.17, 15) is 9.59 Å². The molecule has 0 unspecified atom stereocenters. The summed E-state index contributed by atoms with van der Waals surface area (Å²) in [7, 11) is 0. The summed E-state index contributed by atoms with van der Waals surface area (Å²) < 4.78 is 1.58. The number of fused-ring (bicyclic) bond motifs is 1. The van der Waals surface area contributed by atoms with Crippen LogP contribution in [-0.4, -0.2) is 27.0 Å². The first kappa shape index (κ1) is 17.4. The molecule has 5 N–H and O–H groups in total. The molecule has 3 rings (SSSR count). The van der Waals surface area contributed by atoms with Crippen molar-refractivity contribution >= 4 is 28.7 Å². The third-order valence-corrected chi connectivity index (χ3v) is 4.15. The minimum Gasteiger partial charge on any atom is -0.384 e. The van der Waals surface area contributed by atoms with Crippen LogP contribution < -0.4 is 22.2 Å². The standard InChI is InChI=1S/C18H20N6O2/c1-2-24-15(19)13(16(20)26)14(25)12-10-22-18(23-17(12)24)21-9-8-11-6-4-3-5-7-11/h3-7,10H,2,8-9,19H2,1H3,(H2,20,26)(H,21,22,23). The van der Waals surface area contributed by atoms with Crippen LogP contribution in [0.4, 0.5) is 11.8 Å². The van der Waals surface area contributed by atoms with E-state index >= 15 is 0 Å². The molecule has 8 heteroatoms. The number of nitrogens with zero attached hydrogens (tertiary/aromatic N) is 3. The minimum absolute atomic E-state index is 0.0198. The predicted octanol–water partition coefficient (Wildman–Crippen LogP) is 1.15. The second-order valence-corrected chi connectivity index (χ2v) is 5.79. The van der Waals surface area contributed by atoms with E-state index in [1.165, 1.54) is 11.8 Å². The van der Waals surface area contributed by atoms with Crippen LogP contribution in [0.1, 0.15) is 22.8 Å². The lowest BCUT2D eigenvalue weighted by atomic mass is 10.1. The number of pyridine rings is 1. The summed E-state index contributed by atoms with van der Waals surface area (Å²) in [4.78, 5) is 32.6. The van der Waals surface area contributed by atoms with Gasteiger partial charge in [0.25, 0.3) is 5.91 Å². The second kappa shape index (κ2) is 7.22. The number of nitrogens with two attached hydrogens (primary N) is 2. The summed E-state index contributed by atoms with van der Waals surface area (Å²) in [6.07, 6.45) is 2.21. The number of aryl methyl sites for hydroxylation is 1. The molecule has 3 aromatic rings. The highest BCUT2D eigenvalue weighted by atomic mass is 16.2. The van der Waals surface area contributed by atoms with Gasteiger partial charge in [-0.2, -0.15) is 4.98 Å². The minimum atomic E-state index is -0.860. The molecule has 134 valence electrons. The van der Waals surface area contributed by atoms with Crippen molar-refractivity contribution < 1.29 is 4.79 Å². The number of aromatic nitrogens is 3. The summed E-state index contributed by atoms with van der Waals surface area (Å²) in [5.41, 5.74) is 12.1. The maximum Gasteiger partial charge on any atom is 0.256 e. The van der Waals surface area contributed by atoms with E-state index in [0.717, 1.165) is 6.42 Å². The molecule has 0 saturated carbocycles. The van der Waals surface area contributed by atoms with Gasteiger partial charge in [-0.25, -0.2) is 4.98 Å². The number of hydrogen-bond acceptors (Lipinski definition) is 6. The Hall–Kier alpha value is -3.42. The van der Waals surface area contributed by atoms with Gasteiger partial charge in [0.05, 0.1) is 5.39 Å². The first-order chi connectivity index (χ1) is 12.5. The molecule has 8 nitrogen and oxygen atoms in total. The molecule has 0 aliphatic heterocycles. The lowest BCUT2D eigenvalue weighted by Gasteiger charge is -2.14. The molecule has 0 radical (unpaired) electrons. The second-order valence-electron chi connectivity index (χ2n) is 5.79. The van der Waals surface area contributed by atoms with Gasteiger partial charge in [-0.3, -0.25) is 9.59 Å². The van der Waals surface area contributed by atoms with Gasteiger partial charge in [0.2, 0.25) is 11.4 Å². The van der Waals surface area contributed by atoms with Crippen LogP contribution in [0.2, 0.25) is 0 Å². The van der Waals surface area contributed by atoms with E-state index in [1.807, 2.05) is 37.3 Å². The zero-order chi connectivity index (χ0) is 18.7. The van der Waals surface area contributed by atoms with Gasteiger partial charge in [0, 0.05) is 19.3 Å². The first-order valence-electron chi connectivity index (χ1n) is 8.29. The van der Waals surface area contributed by atoms with Gasteiger partial charge in [0.1, 0.15) is 11.4 Å². The Bertz CT molecular complexity index is 1010. The van der Waals surface area contributed by atoms with Crippen molar-refractivity contribution in [1.82, 2.24) is 14.5 Å². The summed E-state index contributed by atoms with van der Waals surface area (Å²) in [6, 6.07) is 10.0. The Kier molecular flexibility index (Phi) is 4.83. The quantitative estimate of drug-likeness (QED) is 0.610. The molecule has 2 aromatic heterocycles. The first-order valence-corrected chi connectivity index (χ1v) is 8.29. The highest BCUT2D eigenvalue weighted by molar-refractivity contribution is 6.00. The van der Waals surface area contributed by atoms with Crippen LogP contribution in [0.3, 0.4) is 0 Å². The Balaban J connectivity index is 1.94. The summed E-state index contributed by atoms with van der Waals surface area (Å²) >= 11 is 0. The van der Waals surface area contributed by atoms with Crippen LogP contribution in [0.5, 0.6) is 0 Å². The molecule has 26 heavy (non-hydrogen) atoms. The van der Waals surface area contributed by atoms with E-state index in [4.69, 9.17) is 11.5 Å². The monoisotopic (exact) mass is 352 g/mol. The normalized spacial score (nSPS) is 10.8. The molecular formula is C18H20N6O2. The van der Waals surface area contributed by atoms with Gasteiger partial charge in [-0.05, 0) is 18.9 Å². The fourth-order valence-electron chi connectivity index (χ4n) is 2.85. The smallest absolute Gasteiger partial charge is 0.256 e. The highest BCUT2D eigenvalue weighted by Crippen LogP contribution is 2.17. The van der Waals surface area contributed by atoms with E-state index in [1.54, 1.807) is 4.57 Å². The van der Waals surface area contributed by atoms with Crippen LogP contribution in [-0.2, 0) is 13.0 Å². The Morgan fingerprint density at radius 1 is 1.27 bits per heavy atom. The lowest BCUT2D eigenvalue weighted by molar-refractivity contribution is 0.1000. The number of amides is 1. The van der Waals surface area contributed by atoms with Crippen molar-refractivity contribution in [3.8, 4) is 0 Å². The topological polar surface area (TPSA) is 129 Å². The fraction of sp³-hybridized carbons (Fsp3) is 0.222. The number of rotatable bonds is 6. The number of anilines is 2. The van der Waals surface area contributed by atoms with E-state index in [-0.39, 0.29) is 16.8 Å². The third kappa shape index (κ3) is 3.21. The molecule has 0 aliphatic rings. The van der Waals surface area contributed by atoms with Gasteiger partial charge in [-0.15, -0.1) is 0 Å². The Morgan fingerprint density at radius 2 is 2.00 bits per heavy atom. The zero-order valence-electron chi connectivity index (χ0n) is 14.4. The summed E-state index contributed by atoms with van der Waals surface area (Å²) in [5.74, 6) is -0.450. The van der Waals surface area contributed by atoms with Gasteiger partial charge >= 0.3 is 0 Å². The van der Waals surface area contributed by atoms with Gasteiger partial charge < -0.3 is 21.4 Å². The van der Waals surface area contributed by atoms with Crippen LogP contribution in [0.25, 0.3) is 11.0 Å². The molecule has 0 saturated heterocycles. The number of nitrogens with one attached hydrogen (secondary N) is 1. The number of nitrogen functional groups attached to an aromatic ring is 1. The maximum atomic E-state index is 12.5. The van der Waals surface area contributed by atoms with Crippen molar-refractivity contribution in [2.45, 2.75) is 19.9 Å². The van der Waals surface area contributed by atoms with Crippen LogP contribution in [0.15, 0.2) is 41.3 Å². The molecule has 0 spiro atoms. The Labute approximate surface area is 149 Å². The molecule has 0 fully saturated rings. The van der Waals surface area contributed by atoms with Gasteiger partial charge in [0.15, 0.2) is 5.65 Å².